The minimum atomic E-state index is -4.45. The summed E-state index contributed by atoms with van der Waals surface area (Å²) in [6, 6.07) is 12.1. The number of unbranched alkanes of at least 4 members (excludes halogenated alkanes) is 1. The molecule has 35 heavy (non-hydrogen) atoms. The Balaban J connectivity index is 1.51. The molecule has 0 unspecified atom stereocenters. The number of halogens is 3. The molecule has 6 nitrogen and oxygen atoms in total. The van der Waals surface area contributed by atoms with Crippen LogP contribution >= 0.6 is 0 Å². The number of benzene rings is 2. The van der Waals surface area contributed by atoms with Crippen LogP contribution in [0.5, 0.6) is 0 Å². The Bertz CT molecular complexity index is 1000. The van der Waals surface area contributed by atoms with Crippen LogP contribution in [0.3, 0.4) is 0 Å². The second-order valence-corrected chi connectivity index (χ2v) is 9.29. The maximum Gasteiger partial charge on any atom is 0.418 e. The van der Waals surface area contributed by atoms with Crippen molar-refractivity contribution in [1.82, 2.24) is 15.5 Å². The Morgan fingerprint density at radius 1 is 1.00 bits per heavy atom. The second kappa shape index (κ2) is 11.6. The first-order chi connectivity index (χ1) is 16.6. The van der Waals surface area contributed by atoms with Crippen LogP contribution in [0.1, 0.15) is 49.7 Å². The molecule has 0 heterocycles. The Kier molecular flexibility index (Phi) is 8.77. The standard InChI is InChI=1S/C26H33F3N4O2/c1-33(2)17-6-5-10-23(34)32-25(15-7-16-25)24(35)30-18-19-11-13-20(14-12-19)31-22-9-4-3-8-21(22)26(27,28)29/h3-4,8-9,11-14,31H,5-7,10,15-18H2,1-2H3,(H,30,35)(H,32,34). The van der Waals surface area contributed by atoms with Gasteiger partial charge in [0.15, 0.2) is 0 Å². The van der Waals surface area contributed by atoms with E-state index in [1.807, 2.05) is 14.1 Å². The molecule has 0 radical (unpaired) electrons. The molecule has 1 saturated carbocycles. The van der Waals surface area contributed by atoms with E-state index in [0.717, 1.165) is 37.4 Å². The Morgan fingerprint density at radius 3 is 2.29 bits per heavy atom. The summed E-state index contributed by atoms with van der Waals surface area (Å²) in [6.45, 7) is 1.18. The van der Waals surface area contributed by atoms with Gasteiger partial charge in [-0.25, -0.2) is 0 Å². The third-order valence-corrected chi connectivity index (χ3v) is 6.20. The molecule has 2 amide bonds. The SMILES string of the molecule is CN(C)CCCCC(=O)NC1(C(=O)NCc2ccc(Nc3ccccc3C(F)(F)F)cc2)CCC1. The fourth-order valence-electron chi connectivity index (χ4n) is 4.03. The zero-order chi connectivity index (χ0) is 25.5. The Morgan fingerprint density at radius 2 is 1.69 bits per heavy atom. The lowest BCUT2D eigenvalue weighted by molar-refractivity contribution is -0.137. The van der Waals surface area contributed by atoms with Gasteiger partial charge >= 0.3 is 6.18 Å². The van der Waals surface area contributed by atoms with Gasteiger partial charge in [0.2, 0.25) is 11.8 Å². The van der Waals surface area contributed by atoms with E-state index < -0.39 is 17.3 Å². The first-order valence-electron chi connectivity index (χ1n) is 11.9. The molecule has 2 aromatic rings. The summed E-state index contributed by atoms with van der Waals surface area (Å²) in [6.07, 6.45) is -0.245. The minimum absolute atomic E-state index is 0.0227. The van der Waals surface area contributed by atoms with E-state index in [0.29, 0.717) is 24.9 Å². The molecule has 1 aliphatic rings. The number of hydrogen-bond acceptors (Lipinski definition) is 4. The Hall–Kier alpha value is -3.07. The summed E-state index contributed by atoms with van der Waals surface area (Å²) < 4.78 is 39.6. The van der Waals surface area contributed by atoms with Crippen LogP contribution in [0.2, 0.25) is 0 Å². The predicted octanol–water partition coefficient (Wildman–Crippen LogP) is 4.84. The van der Waals surface area contributed by atoms with Crippen molar-refractivity contribution in [2.45, 2.75) is 56.8 Å². The van der Waals surface area contributed by atoms with Crippen molar-refractivity contribution in [3.8, 4) is 0 Å². The van der Waals surface area contributed by atoms with Crippen molar-refractivity contribution in [3.05, 3.63) is 59.7 Å². The highest BCUT2D eigenvalue weighted by Crippen LogP contribution is 2.36. The van der Waals surface area contributed by atoms with E-state index >= 15 is 0 Å². The molecule has 0 aromatic heterocycles. The zero-order valence-corrected chi connectivity index (χ0v) is 20.2. The molecule has 3 rings (SSSR count). The summed E-state index contributed by atoms with van der Waals surface area (Å²) in [4.78, 5) is 27.3. The highest BCUT2D eigenvalue weighted by atomic mass is 19.4. The maximum atomic E-state index is 13.2. The predicted molar refractivity (Wildman–Crippen MR) is 130 cm³/mol. The average molecular weight is 491 g/mol. The van der Waals surface area contributed by atoms with Gasteiger partial charge in [-0.05, 0) is 82.6 Å². The number of carbonyl (C=O) groups is 2. The third kappa shape index (κ3) is 7.45. The number of amides is 2. The molecule has 190 valence electrons. The molecule has 0 bridgehead atoms. The number of alkyl halides is 3. The quantitative estimate of drug-likeness (QED) is 0.394. The molecule has 3 N–H and O–H groups in total. The normalized spacial score (nSPS) is 14.8. The van der Waals surface area contributed by atoms with Crippen molar-refractivity contribution >= 4 is 23.2 Å². The van der Waals surface area contributed by atoms with Gasteiger partial charge in [-0.3, -0.25) is 9.59 Å². The lowest BCUT2D eigenvalue weighted by Crippen LogP contribution is -2.62. The molecule has 0 spiro atoms. The monoisotopic (exact) mass is 490 g/mol. The van der Waals surface area contributed by atoms with Gasteiger partial charge in [0.25, 0.3) is 0 Å². The topological polar surface area (TPSA) is 73.5 Å². The number of nitrogens with one attached hydrogen (secondary N) is 3. The second-order valence-electron chi connectivity index (χ2n) is 9.29. The lowest BCUT2D eigenvalue weighted by Gasteiger charge is -2.40. The highest BCUT2D eigenvalue weighted by molar-refractivity contribution is 5.92. The van der Waals surface area contributed by atoms with E-state index in [4.69, 9.17) is 0 Å². The summed E-state index contributed by atoms with van der Waals surface area (Å²) in [5, 5.41) is 8.64. The van der Waals surface area contributed by atoms with Gasteiger partial charge in [0.05, 0.1) is 11.3 Å². The van der Waals surface area contributed by atoms with Gasteiger partial charge in [-0.2, -0.15) is 13.2 Å². The summed E-state index contributed by atoms with van der Waals surface area (Å²) >= 11 is 0. The van der Waals surface area contributed by atoms with Crippen molar-refractivity contribution in [1.29, 1.82) is 0 Å². The van der Waals surface area contributed by atoms with E-state index in [1.54, 1.807) is 30.3 Å². The minimum Gasteiger partial charge on any atom is -0.355 e. The van der Waals surface area contributed by atoms with Crippen molar-refractivity contribution in [3.63, 3.8) is 0 Å². The fraction of sp³-hybridized carbons (Fsp3) is 0.462. The molecule has 9 heteroatoms. The number of para-hydroxylation sites is 1. The number of carbonyl (C=O) groups excluding carboxylic acids is 2. The molecule has 1 fully saturated rings. The van der Waals surface area contributed by atoms with Crippen LogP contribution in [0.25, 0.3) is 0 Å². The molecule has 1 aliphatic carbocycles. The van der Waals surface area contributed by atoms with Crippen molar-refractivity contribution in [2.24, 2.45) is 0 Å². The first kappa shape index (κ1) is 26.5. The number of anilines is 2. The summed E-state index contributed by atoms with van der Waals surface area (Å²) in [5.74, 6) is -0.306. The van der Waals surface area contributed by atoms with Crippen LogP contribution < -0.4 is 16.0 Å². The fourth-order valence-corrected chi connectivity index (χ4v) is 4.03. The Labute approximate surface area is 204 Å². The number of nitrogens with zero attached hydrogens (tertiary/aromatic N) is 1. The summed E-state index contributed by atoms with van der Waals surface area (Å²) in [5.41, 5.74) is -0.292. The lowest BCUT2D eigenvalue weighted by atomic mass is 9.75. The average Bonchev–Trinajstić information content (AvgIpc) is 2.78. The van der Waals surface area contributed by atoms with Crippen molar-refractivity contribution < 1.29 is 22.8 Å². The van der Waals surface area contributed by atoms with Gasteiger partial charge < -0.3 is 20.9 Å². The van der Waals surface area contributed by atoms with Crippen LogP contribution in [0.15, 0.2) is 48.5 Å². The number of rotatable bonds is 11. The molecular formula is C26H33F3N4O2. The van der Waals surface area contributed by atoms with E-state index in [-0.39, 0.29) is 24.0 Å². The molecule has 0 atom stereocenters. The van der Waals surface area contributed by atoms with Gasteiger partial charge in [0, 0.05) is 18.7 Å². The van der Waals surface area contributed by atoms with Crippen molar-refractivity contribution in [2.75, 3.05) is 26.0 Å². The van der Waals surface area contributed by atoms with Gasteiger partial charge in [0.1, 0.15) is 5.54 Å². The summed E-state index contributed by atoms with van der Waals surface area (Å²) in [7, 11) is 3.98. The van der Waals surface area contributed by atoms with E-state index in [1.165, 1.54) is 12.1 Å². The largest absolute Gasteiger partial charge is 0.418 e. The molecular weight excluding hydrogens is 457 g/mol. The highest BCUT2D eigenvalue weighted by Gasteiger charge is 2.45. The number of hydrogen-bond donors (Lipinski definition) is 3. The van der Waals surface area contributed by atoms with Crippen LogP contribution in [-0.4, -0.2) is 42.9 Å². The van der Waals surface area contributed by atoms with Gasteiger partial charge in [-0.1, -0.05) is 24.3 Å². The maximum absolute atomic E-state index is 13.2. The first-order valence-corrected chi connectivity index (χ1v) is 11.9. The van der Waals surface area contributed by atoms with E-state index in [2.05, 4.69) is 20.9 Å². The third-order valence-electron chi connectivity index (χ3n) is 6.20. The van der Waals surface area contributed by atoms with E-state index in [9.17, 15) is 22.8 Å². The molecule has 0 aliphatic heterocycles. The molecule has 0 saturated heterocycles. The molecule has 2 aromatic carbocycles. The van der Waals surface area contributed by atoms with Crippen LogP contribution in [0.4, 0.5) is 24.5 Å². The zero-order valence-electron chi connectivity index (χ0n) is 20.2. The van der Waals surface area contributed by atoms with Gasteiger partial charge in [-0.15, -0.1) is 0 Å². The smallest absolute Gasteiger partial charge is 0.355 e. The van der Waals surface area contributed by atoms with Crippen LogP contribution in [0, 0.1) is 0 Å². The van der Waals surface area contributed by atoms with Crippen LogP contribution in [-0.2, 0) is 22.3 Å².